The summed E-state index contributed by atoms with van der Waals surface area (Å²) in [6, 6.07) is 1.82. The van der Waals surface area contributed by atoms with Crippen LogP contribution < -0.4 is 5.32 Å². The van der Waals surface area contributed by atoms with Gasteiger partial charge in [-0.15, -0.1) is 10.2 Å². The molecule has 0 saturated carbocycles. The zero-order valence-corrected chi connectivity index (χ0v) is 15.4. The van der Waals surface area contributed by atoms with Gasteiger partial charge < -0.3 is 9.88 Å². The number of carbonyl (C=O) groups is 1. The van der Waals surface area contributed by atoms with Crippen molar-refractivity contribution in [1.82, 2.24) is 34.8 Å². The number of nitrogens with one attached hydrogen (secondary N) is 1. The minimum atomic E-state index is -0.137. The summed E-state index contributed by atoms with van der Waals surface area (Å²) in [5.74, 6) is 1.71. The normalized spacial score (nSPS) is 14.3. The average molecular weight is 353 g/mol. The smallest absolute Gasteiger partial charge is 0.252 e. The van der Waals surface area contributed by atoms with E-state index in [0.29, 0.717) is 12.1 Å². The summed E-state index contributed by atoms with van der Waals surface area (Å²) in [5.41, 5.74) is 2.93. The molecule has 8 heteroatoms. The summed E-state index contributed by atoms with van der Waals surface area (Å²) >= 11 is 0. The van der Waals surface area contributed by atoms with Crippen molar-refractivity contribution in [3.8, 4) is 0 Å². The molecule has 26 heavy (non-hydrogen) atoms. The number of aromatic nitrogens is 6. The van der Waals surface area contributed by atoms with Crippen molar-refractivity contribution in [2.24, 2.45) is 7.05 Å². The van der Waals surface area contributed by atoms with Crippen LogP contribution in [0.1, 0.15) is 52.7 Å². The molecule has 1 N–H and O–H groups in total. The van der Waals surface area contributed by atoms with E-state index in [0.717, 1.165) is 59.9 Å². The van der Waals surface area contributed by atoms with E-state index >= 15 is 0 Å². The van der Waals surface area contributed by atoms with Gasteiger partial charge in [-0.3, -0.25) is 9.48 Å². The van der Waals surface area contributed by atoms with Gasteiger partial charge >= 0.3 is 0 Å². The Morgan fingerprint density at radius 2 is 2.08 bits per heavy atom. The van der Waals surface area contributed by atoms with E-state index in [4.69, 9.17) is 0 Å². The van der Waals surface area contributed by atoms with E-state index in [-0.39, 0.29) is 5.91 Å². The van der Waals surface area contributed by atoms with Crippen LogP contribution in [-0.2, 0) is 26.6 Å². The van der Waals surface area contributed by atoms with Crippen molar-refractivity contribution in [1.29, 1.82) is 0 Å². The minimum Gasteiger partial charge on any atom is -0.345 e. The highest BCUT2D eigenvalue weighted by atomic mass is 16.1. The number of hydrogen-bond acceptors (Lipinski definition) is 5. The van der Waals surface area contributed by atoms with Gasteiger partial charge in [0.1, 0.15) is 5.82 Å². The van der Waals surface area contributed by atoms with Gasteiger partial charge in [0.2, 0.25) is 0 Å². The number of fused-ring (bicyclic) bond motifs is 2. The Labute approximate surface area is 151 Å². The number of rotatable bonds is 3. The highest BCUT2D eigenvalue weighted by Crippen LogP contribution is 2.22. The summed E-state index contributed by atoms with van der Waals surface area (Å²) in [6.45, 7) is 5.08. The Morgan fingerprint density at radius 3 is 2.92 bits per heavy atom. The molecule has 0 saturated heterocycles. The van der Waals surface area contributed by atoms with Gasteiger partial charge in [0, 0.05) is 25.7 Å². The zero-order chi connectivity index (χ0) is 18.3. The van der Waals surface area contributed by atoms with Crippen LogP contribution >= 0.6 is 0 Å². The maximum Gasteiger partial charge on any atom is 0.252 e. The quantitative estimate of drug-likeness (QED) is 0.776. The number of amides is 1. The molecule has 0 bridgehead atoms. The summed E-state index contributed by atoms with van der Waals surface area (Å²) in [4.78, 5) is 17.4. The third kappa shape index (κ3) is 2.85. The van der Waals surface area contributed by atoms with Gasteiger partial charge in [-0.05, 0) is 32.8 Å². The maximum absolute atomic E-state index is 12.9. The average Bonchev–Trinajstić information content (AvgIpc) is 3.02. The second-order valence-corrected chi connectivity index (χ2v) is 6.90. The van der Waals surface area contributed by atoms with Crippen molar-refractivity contribution in [2.75, 3.05) is 0 Å². The van der Waals surface area contributed by atoms with Crippen molar-refractivity contribution >= 4 is 16.9 Å². The first-order chi connectivity index (χ1) is 12.5. The van der Waals surface area contributed by atoms with Crippen LogP contribution in [0.15, 0.2) is 6.07 Å². The molecule has 0 aliphatic carbocycles. The monoisotopic (exact) mass is 353 g/mol. The molecule has 0 spiro atoms. The molecule has 8 nitrogen and oxygen atoms in total. The zero-order valence-electron chi connectivity index (χ0n) is 15.4. The van der Waals surface area contributed by atoms with E-state index in [1.54, 1.807) is 4.68 Å². The molecule has 0 fully saturated rings. The molecule has 0 atom stereocenters. The lowest BCUT2D eigenvalue weighted by Crippen LogP contribution is -2.25. The van der Waals surface area contributed by atoms with E-state index in [1.165, 1.54) is 6.42 Å². The van der Waals surface area contributed by atoms with Crippen LogP contribution in [0.2, 0.25) is 0 Å². The molecular formula is C18H23N7O. The van der Waals surface area contributed by atoms with Gasteiger partial charge in [-0.1, -0.05) is 6.42 Å². The number of carbonyl (C=O) groups excluding carboxylic acids is 1. The number of pyridine rings is 1. The van der Waals surface area contributed by atoms with Gasteiger partial charge in [-0.2, -0.15) is 5.10 Å². The molecule has 1 aliphatic rings. The second-order valence-electron chi connectivity index (χ2n) is 6.90. The van der Waals surface area contributed by atoms with E-state index < -0.39 is 0 Å². The molecule has 0 aromatic carbocycles. The van der Waals surface area contributed by atoms with Crippen LogP contribution in [0.3, 0.4) is 0 Å². The van der Waals surface area contributed by atoms with Gasteiger partial charge in [0.05, 0.1) is 23.2 Å². The Balaban J connectivity index is 1.60. The topological polar surface area (TPSA) is 90.5 Å². The standard InChI is InChI=1S/C18H23N7O/c1-11-9-13(16-12(2)23-24(3)17(16)20-11)18(26)19-10-15-22-21-14-7-5-4-6-8-25(14)15/h9H,4-8,10H2,1-3H3,(H,19,26). The Bertz CT molecular complexity index is 985. The molecule has 136 valence electrons. The molecular weight excluding hydrogens is 330 g/mol. The third-order valence-corrected chi connectivity index (χ3v) is 4.93. The fourth-order valence-electron chi connectivity index (χ4n) is 3.68. The van der Waals surface area contributed by atoms with Gasteiger partial charge in [0.25, 0.3) is 5.91 Å². The maximum atomic E-state index is 12.9. The van der Waals surface area contributed by atoms with E-state index in [1.807, 2.05) is 27.0 Å². The Kier molecular flexibility index (Phi) is 4.18. The molecule has 0 radical (unpaired) electrons. The molecule has 4 heterocycles. The van der Waals surface area contributed by atoms with Crippen LogP contribution in [0.5, 0.6) is 0 Å². The number of aryl methyl sites for hydroxylation is 4. The Morgan fingerprint density at radius 1 is 1.23 bits per heavy atom. The van der Waals surface area contributed by atoms with Crippen molar-refractivity contribution in [3.63, 3.8) is 0 Å². The van der Waals surface area contributed by atoms with Crippen molar-refractivity contribution in [2.45, 2.75) is 52.6 Å². The number of nitrogens with zero attached hydrogens (tertiary/aromatic N) is 6. The Hall–Kier alpha value is -2.77. The van der Waals surface area contributed by atoms with E-state index in [9.17, 15) is 4.79 Å². The number of hydrogen-bond donors (Lipinski definition) is 1. The molecule has 1 aliphatic heterocycles. The third-order valence-electron chi connectivity index (χ3n) is 4.93. The largest absolute Gasteiger partial charge is 0.345 e. The summed E-state index contributed by atoms with van der Waals surface area (Å²) in [7, 11) is 1.84. The lowest BCUT2D eigenvalue weighted by Gasteiger charge is -2.09. The fraction of sp³-hybridized carbons (Fsp3) is 0.500. The summed E-state index contributed by atoms with van der Waals surface area (Å²) in [5, 5.41) is 16.8. The van der Waals surface area contributed by atoms with Crippen molar-refractivity contribution in [3.05, 3.63) is 34.7 Å². The molecule has 1 amide bonds. The first-order valence-corrected chi connectivity index (χ1v) is 9.04. The lowest BCUT2D eigenvalue weighted by atomic mass is 10.1. The molecule has 3 aromatic heterocycles. The first kappa shape index (κ1) is 16.7. The predicted molar refractivity (Wildman–Crippen MR) is 96.7 cm³/mol. The van der Waals surface area contributed by atoms with Crippen LogP contribution in [-0.4, -0.2) is 35.4 Å². The molecule has 3 aromatic rings. The first-order valence-electron chi connectivity index (χ1n) is 9.04. The van der Waals surface area contributed by atoms with Crippen LogP contribution in [0, 0.1) is 13.8 Å². The summed E-state index contributed by atoms with van der Waals surface area (Å²) in [6.07, 6.45) is 4.45. The van der Waals surface area contributed by atoms with Crippen molar-refractivity contribution < 1.29 is 4.79 Å². The highest BCUT2D eigenvalue weighted by molar-refractivity contribution is 6.06. The predicted octanol–water partition coefficient (Wildman–Crippen LogP) is 1.83. The van der Waals surface area contributed by atoms with Crippen LogP contribution in [0.25, 0.3) is 11.0 Å². The van der Waals surface area contributed by atoms with Gasteiger partial charge in [-0.25, -0.2) is 4.98 Å². The van der Waals surface area contributed by atoms with Crippen LogP contribution in [0.4, 0.5) is 0 Å². The second kappa shape index (κ2) is 6.51. The lowest BCUT2D eigenvalue weighted by molar-refractivity contribution is 0.0951. The molecule has 0 unspecified atom stereocenters. The SMILES string of the molecule is Cc1cc(C(=O)NCc2nnc3n2CCCCC3)c2c(C)nn(C)c2n1. The highest BCUT2D eigenvalue weighted by Gasteiger charge is 2.19. The van der Waals surface area contributed by atoms with E-state index in [2.05, 4.69) is 30.2 Å². The fourth-order valence-corrected chi connectivity index (χ4v) is 3.68. The molecule has 4 rings (SSSR count). The minimum absolute atomic E-state index is 0.137. The summed E-state index contributed by atoms with van der Waals surface area (Å²) < 4.78 is 3.86. The van der Waals surface area contributed by atoms with Gasteiger partial charge in [0.15, 0.2) is 11.5 Å².